The molecule has 0 bridgehead atoms. The van der Waals surface area contributed by atoms with Crippen LogP contribution in [0, 0.1) is 0 Å². The monoisotopic (exact) mass is 369 g/mol. The van der Waals surface area contributed by atoms with Crippen molar-refractivity contribution >= 4 is 21.8 Å². The van der Waals surface area contributed by atoms with Crippen LogP contribution in [0.4, 0.5) is 0 Å². The van der Waals surface area contributed by atoms with Crippen molar-refractivity contribution in [3.05, 3.63) is 29.8 Å². The van der Waals surface area contributed by atoms with Gasteiger partial charge in [-0.15, -0.1) is 0 Å². The quantitative estimate of drug-likeness (QED) is 0.666. The fourth-order valence-electron chi connectivity index (χ4n) is 2.26. The van der Waals surface area contributed by atoms with Crippen LogP contribution in [0.15, 0.2) is 29.2 Å². The van der Waals surface area contributed by atoms with Crippen molar-refractivity contribution < 1.29 is 18.0 Å². The van der Waals surface area contributed by atoms with Gasteiger partial charge in [0.15, 0.2) is 0 Å². The minimum absolute atomic E-state index is 0.178. The van der Waals surface area contributed by atoms with E-state index >= 15 is 0 Å². The second kappa shape index (κ2) is 9.53. The van der Waals surface area contributed by atoms with Gasteiger partial charge >= 0.3 is 11.8 Å². The number of hydrogen-bond donors (Lipinski definition) is 2. The molecule has 0 fully saturated rings. The third-order valence-corrected chi connectivity index (χ3v) is 5.24. The Kier molecular flexibility index (Phi) is 8.05. The highest BCUT2D eigenvalue weighted by Gasteiger charge is 2.18. The average Bonchev–Trinajstić information content (AvgIpc) is 2.55. The van der Waals surface area contributed by atoms with E-state index in [9.17, 15) is 18.0 Å². The van der Waals surface area contributed by atoms with Gasteiger partial charge in [0.1, 0.15) is 0 Å². The molecule has 0 saturated heterocycles. The number of carbonyl (C=O) groups excluding carboxylic acids is 2. The van der Waals surface area contributed by atoms with Crippen LogP contribution in [0.5, 0.6) is 0 Å². The van der Waals surface area contributed by atoms with Crippen molar-refractivity contribution in [2.75, 3.05) is 19.6 Å². The Balaban J connectivity index is 2.57. The van der Waals surface area contributed by atoms with Crippen LogP contribution in [-0.2, 0) is 26.0 Å². The maximum Gasteiger partial charge on any atom is 0.311 e. The molecule has 8 heteroatoms. The SMILES string of the molecule is CCN(CC)C(=O)C(=O)NCCc1ccc(S(=O)(=O)NC(C)C)cc1. The highest BCUT2D eigenvalue weighted by atomic mass is 32.2. The molecule has 0 aliphatic rings. The molecule has 0 saturated carbocycles. The van der Waals surface area contributed by atoms with Crippen molar-refractivity contribution in [3.63, 3.8) is 0 Å². The summed E-state index contributed by atoms with van der Waals surface area (Å²) < 4.78 is 26.6. The second-order valence-corrected chi connectivity index (χ2v) is 7.62. The van der Waals surface area contributed by atoms with Gasteiger partial charge in [0.25, 0.3) is 0 Å². The van der Waals surface area contributed by atoms with E-state index in [1.807, 2.05) is 13.8 Å². The van der Waals surface area contributed by atoms with Gasteiger partial charge in [-0.3, -0.25) is 9.59 Å². The van der Waals surface area contributed by atoms with Gasteiger partial charge in [-0.25, -0.2) is 13.1 Å². The number of benzene rings is 1. The first kappa shape index (κ1) is 21.1. The molecule has 0 aromatic heterocycles. The van der Waals surface area contributed by atoms with Gasteiger partial charge in [0.2, 0.25) is 10.0 Å². The fraction of sp³-hybridized carbons (Fsp3) is 0.529. The maximum absolute atomic E-state index is 12.0. The maximum atomic E-state index is 12.0. The number of rotatable bonds is 8. The standard InChI is InChI=1S/C17H27N3O4S/c1-5-20(6-2)17(22)16(21)18-12-11-14-7-9-15(10-8-14)25(23,24)19-13(3)4/h7-10,13,19H,5-6,11-12H2,1-4H3,(H,18,21). The van der Waals surface area contributed by atoms with Gasteiger partial charge in [-0.05, 0) is 51.8 Å². The molecule has 0 unspecified atom stereocenters. The summed E-state index contributed by atoms with van der Waals surface area (Å²) in [7, 11) is -3.51. The molecular formula is C17H27N3O4S. The predicted octanol–water partition coefficient (Wildman–Crippen LogP) is 0.900. The van der Waals surface area contributed by atoms with Crippen molar-refractivity contribution in [1.82, 2.24) is 14.9 Å². The zero-order valence-electron chi connectivity index (χ0n) is 15.2. The largest absolute Gasteiger partial charge is 0.347 e. The number of likely N-dealkylation sites (N-methyl/N-ethyl adjacent to an activating group) is 1. The lowest BCUT2D eigenvalue weighted by molar-refractivity contribution is -0.145. The summed E-state index contributed by atoms with van der Waals surface area (Å²) in [6.07, 6.45) is 0.509. The molecule has 25 heavy (non-hydrogen) atoms. The molecule has 2 amide bonds. The van der Waals surface area contributed by atoms with Crippen LogP contribution in [0.25, 0.3) is 0 Å². The highest BCUT2D eigenvalue weighted by molar-refractivity contribution is 7.89. The molecule has 2 N–H and O–H groups in total. The van der Waals surface area contributed by atoms with Crippen molar-refractivity contribution in [3.8, 4) is 0 Å². The Labute approximate surface area is 149 Å². The summed E-state index contributed by atoms with van der Waals surface area (Å²) in [6.45, 7) is 8.44. The molecule has 140 valence electrons. The number of carbonyl (C=O) groups is 2. The zero-order chi connectivity index (χ0) is 19.0. The number of nitrogens with one attached hydrogen (secondary N) is 2. The molecule has 0 aliphatic heterocycles. The third kappa shape index (κ3) is 6.47. The molecule has 0 heterocycles. The summed E-state index contributed by atoms with van der Waals surface area (Å²) in [6, 6.07) is 6.29. The molecule has 0 atom stereocenters. The number of amides is 2. The van der Waals surface area contributed by atoms with Crippen LogP contribution >= 0.6 is 0 Å². The lowest BCUT2D eigenvalue weighted by atomic mass is 10.1. The topological polar surface area (TPSA) is 95.6 Å². The molecule has 0 aliphatic carbocycles. The lowest BCUT2D eigenvalue weighted by Crippen LogP contribution is -2.43. The Morgan fingerprint density at radius 2 is 1.64 bits per heavy atom. The molecular weight excluding hydrogens is 342 g/mol. The minimum Gasteiger partial charge on any atom is -0.347 e. The van der Waals surface area contributed by atoms with E-state index in [2.05, 4.69) is 10.0 Å². The van der Waals surface area contributed by atoms with E-state index in [4.69, 9.17) is 0 Å². The van der Waals surface area contributed by atoms with Gasteiger partial charge < -0.3 is 10.2 Å². The Hall–Kier alpha value is -1.93. The normalized spacial score (nSPS) is 11.4. The van der Waals surface area contributed by atoms with E-state index in [0.29, 0.717) is 26.1 Å². The first-order chi connectivity index (χ1) is 11.7. The Morgan fingerprint density at radius 1 is 1.08 bits per heavy atom. The molecule has 1 rings (SSSR count). The van der Waals surface area contributed by atoms with E-state index in [1.54, 1.807) is 26.0 Å². The molecule has 1 aromatic carbocycles. The molecule has 7 nitrogen and oxygen atoms in total. The highest BCUT2D eigenvalue weighted by Crippen LogP contribution is 2.11. The lowest BCUT2D eigenvalue weighted by Gasteiger charge is -2.17. The van der Waals surface area contributed by atoms with E-state index in [-0.39, 0.29) is 10.9 Å². The van der Waals surface area contributed by atoms with Gasteiger partial charge in [0.05, 0.1) is 4.90 Å². The van der Waals surface area contributed by atoms with Crippen LogP contribution in [0.2, 0.25) is 0 Å². The van der Waals surface area contributed by atoms with Gasteiger partial charge in [-0.1, -0.05) is 12.1 Å². The summed E-state index contributed by atoms with van der Waals surface area (Å²) in [4.78, 5) is 25.3. The zero-order valence-corrected chi connectivity index (χ0v) is 16.0. The first-order valence-corrected chi connectivity index (χ1v) is 9.88. The minimum atomic E-state index is -3.51. The third-order valence-electron chi connectivity index (χ3n) is 3.57. The van der Waals surface area contributed by atoms with Gasteiger partial charge in [0, 0.05) is 25.7 Å². The average molecular weight is 369 g/mol. The fourth-order valence-corrected chi connectivity index (χ4v) is 3.52. The van der Waals surface area contributed by atoms with E-state index < -0.39 is 21.8 Å². The van der Waals surface area contributed by atoms with Gasteiger partial charge in [-0.2, -0.15) is 0 Å². The van der Waals surface area contributed by atoms with E-state index in [1.165, 1.54) is 17.0 Å². The van der Waals surface area contributed by atoms with Crippen molar-refractivity contribution in [2.45, 2.75) is 45.1 Å². The van der Waals surface area contributed by atoms with Crippen LogP contribution in [0.3, 0.4) is 0 Å². The summed E-state index contributed by atoms with van der Waals surface area (Å²) in [5, 5.41) is 2.59. The smallest absolute Gasteiger partial charge is 0.311 e. The van der Waals surface area contributed by atoms with Crippen LogP contribution in [-0.4, -0.2) is 50.8 Å². The second-order valence-electron chi connectivity index (χ2n) is 5.90. The molecule has 0 radical (unpaired) electrons. The molecule has 1 aromatic rings. The summed E-state index contributed by atoms with van der Waals surface area (Å²) in [5.41, 5.74) is 0.874. The Morgan fingerprint density at radius 3 is 2.12 bits per heavy atom. The van der Waals surface area contributed by atoms with E-state index in [0.717, 1.165) is 5.56 Å². The van der Waals surface area contributed by atoms with Crippen molar-refractivity contribution in [1.29, 1.82) is 0 Å². The number of hydrogen-bond acceptors (Lipinski definition) is 4. The summed E-state index contributed by atoms with van der Waals surface area (Å²) >= 11 is 0. The number of nitrogens with zero attached hydrogens (tertiary/aromatic N) is 1. The first-order valence-electron chi connectivity index (χ1n) is 8.39. The summed E-state index contributed by atoms with van der Waals surface area (Å²) in [5.74, 6) is -1.16. The predicted molar refractivity (Wildman–Crippen MR) is 96.5 cm³/mol. The molecule has 0 spiro atoms. The Bertz CT molecular complexity index is 680. The van der Waals surface area contributed by atoms with Crippen LogP contribution < -0.4 is 10.0 Å². The number of sulfonamides is 1. The van der Waals surface area contributed by atoms with Crippen molar-refractivity contribution in [2.24, 2.45) is 0 Å². The van der Waals surface area contributed by atoms with Crippen LogP contribution in [0.1, 0.15) is 33.3 Å².